The summed E-state index contributed by atoms with van der Waals surface area (Å²) < 4.78 is 12.2. The Morgan fingerprint density at radius 1 is 1.18 bits per heavy atom. The van der Waals surface area contributed by atoms with E-state index in [1.807, 2.05) is 6.92 Å². The highest BCUT2D eigenvalue weighted by atomic mass is 16.5. The Kier molecular flexibility index (Phi) is 6.87. The number of carboxylic acids is 1. The van der Waals surface area contributed by atoms with Crippen molar-refractivity contribution in [2.45, 2.75) is 64.0 Å². The van der Waals surface area contributed by atoms with E-state index in [4.69, 9.17) is 9.47 Å². The van der Waals surface area contributed by atoms with Gasteiger partial charge in [-0.25, -0.2) is 0 Å². The van der Waals surface area contributed by atoms with Gasteiger partial charge in [0.1, 0.15) is 17.5 Å². The molecule has 0 spiro atoms. The minimum atomic E-state index is -0.724. The Morgan fingerprint density at radius 3 is 2.74 bits per heavy atom. The first kappa shape index (κ1) is 25.0. The van der Waals surface area contributed by atoms with Gasteiger partial charge in [0.2, 0.25) is 0 Å². The van der Waals surface area contributed by atoms with Gasteiger partial charge in [0.25, 0.3) is 0 Å². The molecular weight excluding hydrogens is 478 g/mol. The summed E-state index contributed by atoms with van der Waals surface area (Å²) in [7, 11) is 1.68. The van der Waals surface area contributed by atoms with Gasteiger partial charge in [-0.3, -0.25) is 14.8 Å². The van der Waals surface area contributed by atoms with Crippen molar-refractivity contribution in [3.8, 4) is 22.8 Å². The Hall–Kier alpha value is -3.32. The molecule has 3 heterocycles. The summed E-state index contributed by atoms with van der Waals surface area (Å²) in [5, 5.41) is 17.2. The van der Waals surface area contributed by atoms with E-state index in [9.17, 15) is 9.90 Å². The molecule has 3 aliphatic rings. The lowest BCUT2D eigenvalue weighted by atomic mass is 9.82. The molecule has 3 aromatic rings. The van der Waals surface area contributed by atoms with Crippen LogP contribution in [0.1, 0.15) is 73.3 Å². The molecule has 1 unspecified atom stereocenters. The summed E-state index contributed by atoms with van der Waals surface area (Å²) in [5.74, 6) is 1.02. The van der Waals surface area contributed by atoms with Crippen LogP contribution in [0.25, 0.3) is 11.3 Å². The lowest BCUT2D eigenvalue weighted by molar-refractivity contribution is -0.142. The van der Waals surface area contributed by atoms with Gasteiger partial charge < -0.3 is 14.6 Å². The zero-order chi connectivity index (χ0) is 26.2. The van der Waals surface area contributed by atoms with E-state index in [1.165, 1.54) is 29.5 Å². The highest BCUT2D eigenvalue weighted by molar-refractivity contribution is 5.71. The van der Waals surface area contributed by atoms with Gasteiger partial charge in [-0.2, -0.15) is 5.10 Å². The fourth-order valence-corrected chi connectivity index (χ4v) is 6.39. The number of likely N-dealkylation sites (tertiary alicyclic amines) is 1. The average Bonchev–Trinajstić information content (AvgIpc) is 3.41. The Balaban J connectivity index is 1.30. The number of nitrogens with zero attached hydrogens (tertiary/aromatic N) is 2. The van der Waals surface area contributed by atoms with Crippen LogP contribution in [0.4, 0.5) is 0 Å². The van der Waals surface area contributed by atoms with Crippen molar-refractivity contribution in [3.05, 3.63) is 64.8 Å². The molecule has 0 bridgehead atoms. The number of hydrogen-bond acceptors (Lipinski definition) is 5. The number of carbonyl (C=O) groups is 1. The molecule has 7 nitrogen and oxygen atoms in total. The molecule has 6 rings (SSSR count). The highest BCUT2D eigenvalue weighted by Crippen LogP contribution is 2.48. The van der Waals surface area contributed by atoms with E-state index in [2.05, 4.69) is 51.5 Å². The van der Waals surface area contributed by atoms with Gasteiger partial charge in [-0.15, -0.1) is 0 Å². The standard InChI is InChI=1S/C31H37N3O4/c1-19(31(35)36)29(21-6-7-21)23-8-5-20-10-12-26(38-27(20)16-23)22-9-11-25(30-28(37-2)17-32-33-30)24(15-22)18-34-13-3-4-14-34/h5,8-9,11,15-17,19,21,26,29H,3-4,6-7,10,12-14,18H2,1-2H3,(H,32,33)(H,35,36)/t19-,26?,29-/m0/s1. The number of aliphatic carboxylic acids is 1. The van der Waals surface area contributed by atoms with Crippen molar-refractivity contribution in [2.24, 2.45) is 11.8 Å². The number of aromatic amines is 1. The van der Waals surface area contributed by atoms with Crippen molar-refractivity contribution in [3.63, 3.8) is 0 Å². The molecule has 38 heavy (non-hydrogen) atoms. The third-order valence-electron chi connectivity index (χ3n) is 8.65. The van der Waals surface area contributed by atoms with E-state index < -0.39 is 11.9 Å². The number of aromatic nitrogens is 2. The van der Waals surface area contributed by atoms with Crippen molar-refractivity contribution in [1.29, 1.82) is 0 Å². The maximum Gasteiger partial charge on any atom is 0.306 e. The number of ether oxygens (including phenoxy) is 2. The third kappa shape index (κ3) is 4.92. The number of aryl methyl sites for hydroxylation is 1. The number of rotatable bonds is 9. The fourth-order valence-electron chi connectivity index (χ4n) is 6.39. The van der Waals surface area contributed by atoms with Crippen LogP contribution in [0.2, 0.25) is 0 Å². The van der Waals surface area contributed by atoms with Crippen LogP contribution < -0.4 is 9.47 Å². The first-order valence-electron chi connectivity index (χ1n) is 14.0. The van der Waals surface area contributed by atoms with Gasteiger partial charge in [0.15, 0.2) is 5.75 Å². The Bertz CT molecular complexity index is 1310. The smallest absolute Gasteiger partial charge is 0.306 e. The fraction of sp³-hybridized carbons (Fsp3) is 0.484. The first-order valence-corrected chi connectivity index (χ1v) is 14.0. The average molecular weight is 516 g/mol. The summed E-state index contributed by atoms with van der Waals surface area (Å²) in [6.45, 7) is 4.96. The van der Waals surface area contributed by atoms with Crippen molar-refractivity contribution >= 4 is 5.97 Å². The quantitative estimate of drug-likeness (QED) is 0.366. The molecule has 2 aromatic carbocycles. The van der Waals surface area contributed by atoms with Crippen LogP contribution in [0, 0.1) is 11.8 Å². The zero-order valence-electron chi connectivity index (χ0n) is 22.3. The van der Waals surface area contributed by atoms with Crippen LogP contribution in [0.15, 0.2) is 42.6 Å². The van der Waals surface area contributed by atoms with E-state index in [0.717, 1.165) is 73.6 Å². The molecule has 200 valence electrons. The van der Waals surface area contributed by atoms with E-state index in [0.29, 0.717) is 5.92 Å². The summed E-state index contributed by atoms with van der Waals surface area (Å²) >= 11 is 0. The van der Waals surface area contributed by atoms with Gasteiger partial charge in [-0.05, 0) is 91.8 Å². The molecule has 0 amide bonds. The van der Waals surface area contributed by atoms with E-state index >= 15 is 0 Å². The molecule has 1 aliphatic carbocycles. The molecular formula is C31H37N3O4. The summed E-state index contributed by atoms with van der Waals surface area (Å²) in [4.78, 5) is 14.3. The van der Waals surface area contributed by atoms with Crippen molar-refractivity contribution in [2.75, 3.05) is 20.2 Å². The number of hydrogen-bond donors (Lipinski definition) is 2. The second-order valence-corrected chi connectivity index (χ2v) is 11.2. The number of carboxylic acid groups (broad SMARTS) is 1. The zero-order valence-corrected chi connectivity index (χ0v) is 22.3. The maximum absolute atomic E-state index is 11.8. The second-order valence-electron chi connectivity index (χ2n) is 11.2. The molecule has 2 aliphatic heterocycles. The molecule has 1 saturated heterocycles. The van der Waals surface area contributed by atoms with Crippen molar-refractivity contribution in [1.82, 2.24) is 15.1 Å². The van der Waals surface area contributed by atoms with Crippen LogP contribution in [0.3, 0.4) is 0 Å². The number of methoxy groups -OCH3 is 1. The molecule has 0 radical (unpaired) electrons. The lowest BCUT2D eigenvalue weighted by Gasteiger charge is -2.29. The predicted molar refractivity (Wildman–Crippen MR) is 145 cm³/mol. The SMILES string of the molecule is COc1c[nH]nc1-c1ccc(C2CCc3ccc([C@H](C4CC4)[C@H](C)C(=O)O)cc3O2)cc1CN1CCCC1. The van der Waals surface area contributed by atoms with Gasteiger partial charge >= 0.3 is 5.97 Å². The summed E-state index contributed by atoms with van der Waals surface area (Å²) in [6, 6.07) is 13.0. The largest absolute Gasteiger partial charge is 0.493 e. The van der Waals surface area contributed by atoms with E-state index in [1.54, 1.807) is 13.3 Å². The molecule has 1 saturated carbocycles. The third-order valence-corrected chi connectivity index (χ3v) is 8.65. The van der Waals surface area contributed by atoms with Gasteiger partial charge in [-0.1, -0.05) is 37.3 Å². The maximum atomic E-state index is 11.8. The first-order chi connectivity index (χ1) is 18.5. The van der Waals surface area contributed by atoms with E-state index in [-0.39, 0.29) is 12.0 Å². The van der Waals surface area contributed by atoms with Crippen LogP contribution in [-0.2, 0) is 17.8 Å². The monoisotopic (exact) mass is 515 g/mol. The molecule has 2 fully saturated rings. The Morgan fingerprint density at radius 2 is 2.00 bits per heavy atom. The molecule has 7 heteroatoms. The van der Waals surface area contributed by atoms with Crippen LogP contribution >= 0.6 is 0 Å². The van der Waals surface area contributed by atoms with Crippen molar-refractivity contribution < 1.29 is 19.4 Å². The number of nitrogens with one attached hydrogen (secondary N) is 1. The minimum absolute atomic E-state index is 0.0388. The summed E-state index contributed by atoms with van der Waals surface area (Å²) in [6.07, 6.45) is 8.31. The molecule has 3 atom stereocenters. The number of benzene rings is 2. The summed E-state index contributed by atoms with van der Waals surface area (Å²) in [5.41, 5.74) is 6.64. The van der Waals surface area contributed by atoms with Crippen LogP contribution in [0.5, 0.6) is 11.5 Å². The highest BCUT2D eigenvalue weighted by Gasteiger charge is 2.39. The number of H-pyrrole nitrogens is 1. The normalized spacial score (nSPS) is 20.9. The lowest BCUT2D eigenvalue weighted by Crippen LogP contribution is -2.22. The second kappa shape index (κ2) is 10.4. The Labute approximate surface area is 224 Å². The predicted octanol–water partition coefficient (Wildman–Crippen LogP) is 5.96. The van der Waals surface area contributed by atoms with Crippen LogP contribution in [-0.4, -0.2) is 46.4 Å². The molecule has 2 N–H and O–H groups in total. The molecule has 1 aromatic heterocycles. The van der Waals surface area contributed by atoms with Gasteiger partial charge in [0.05, 0.1) is 19.2 Å². The minimum Gasteiger partial charge on any atom is -0.493 e. The number of fused-ring (bicyclic) bond motifs is 1. The topological polar surface area (TPSA) is 87.7 Å². The van der Waals surface area contributed by atoms with Gasteiger partial charge in [0, 0.05) is 12.1 Å².